The maximum atomic E-state index is 4.83. The van der Waals surface area contributed by atoms with Crippen LogP contribution in [0.1, 0.15) is 58.7 Å². The number of hydrogen-bond donors (Lipinski definition) is 0. The van der Waals surface area contributed by atoms with Crippen LogP contribution in [-0.4, -0.2) is 46.0 Å². The highest BCUT2D eigenvalue weighted by atomic mass is 32.1. The Bertz CT molecular complexity index is 531. The van der Waals surface area contributed by atoms with Crippen LogP contribution < -0.4 is 4.90 Å². The summed E-state index contributed by atoms with van der Waals surface area (Å²) in [4.78, 5) is 10.2. The Hall–Kier alpha value is -0.680. The van der Waals surface area contributed by atoms with Gasteiger partial charge in [-0.2, -0.15) is 4.37 Å². The first-order valence-corrected chi connectivity index (χ1v) is 9.64. The monoisotopic (exact) mass is 320 g/mol. The molecule has 0 spiro atoms. The minimum Gasteiger partial charge on any atom is -0.346 e. The molecule has 4 nitrogen and oxygen atoms in total. The van der Waals surface area contributed by atoms with Gasteiger partial charge in [-0.3, -0.25) is 4.90 Å². The van der Waals surface area contributed by atoms with Gasteiger partial charge < -0.3 is 4.90 Å². The number of hydrogen-bond acceptors (Lipinski definition) is 5. The third-order valence-corrected chi connectivity index (χ3v) is 6.26. The predicted molar refractivity (Wildman–Crippen MR) is 91.7 cm³/mol. The smallest absolute Gasteiger partial charge is 0.205 e. The van der Waals surface area contributed by atoms with Crippen molar-refractivity contribution in [2.75, 3.05) is 24.5 Å². The van der Waals surface area contributed by atoms with E-state index in [4.69, 9.17) is 4.98 Å². The van der Waals surface area contributed by atoms with Gasteiger partial charge in [0.05, 0.1) is 0 Å². The van der Waals surface area contributed by atoms with E-state index in [0.717, 1.165) is 35.5 Å². The van der Waals surface area contributed by atoms with Crippen molar-refractivity contribution in [3.63, 3.8) is 0 Å². The molecule has 1 aromatic rings. The summed E-state index contributed by atoms with van der Waals surface area (Å²) in [7, 11) is 0. The van der Waals surface area contributed by atoms with Gasteiger partial charge in [-0.25, -0.2) is 4.98 Å². The van der Waals surface area contributed by atoms with Gasteiger partial charge in [0.2, 0.25) is 5.13 Å². The number of piperidine rings is 2. The summed E-state index contributed by atoms with van der Waals surface area (Å²) in [6, 6.07) is 1.76. The fourth-order valence-electron chi connectivity index (χ4n) is 4.12. The standard InChI is InChI=1S/C17H28N4S/c1-17(2,3)15-18-16(22-19-15)20-10-8-14-12(11-20)5-4-9-21(14)13-6-7-13/h12-14H,4-11H2,1-3H3. The summed E-state index contributed by atoms with van der Waals surface area (Å²) < 4.78 is 4.60. The first-order valence-electron chi connectivity index (χ1n) is 8.87. The van der Waals surface area contributed by atoms with E-state index < -0.39 is 0 Å². The molecule has 1 saturated carbocycles. The number of anilines is 1. The van der Waals surface area contributed by atoms with Crippen molar-refractivity contribution >= 4 is 16.7 Å². The zero-order valence-electron chi connectivity index (χ0n) is 14.1. The molecule has 0 N–H and O–H groups in total. The van der Waals surface area contributed by atoms with Gasteiger partial charge in [0, 0.05) is 42.1 Å². The van der Waals surface area contributed by atoms with Crippen molar-refractivity contribution in [2.24, 2.45) is 5.92 Å². The lowest BCUT2D eigenvalue weighted by Gasteiger charge is -2.47. The Morgan fingerprint density at radius 1 is 1.09 bits per heavy atom. The zero-order chi connectivity index (χ0) is 15.3. The molecule has 4 rings (SSSR count). The molecular formula is C17H28N4S. The number of likely N-dealkylation sites (tertiary alicyclic amines) is 1. The van der Waals surface area contributed by atoms with Gasteiger partial charge >= 0.3 is 0 Å². The Labute approximate surface area is 138 Å². The van der Waals surface area contributed by atoms with Crippen LogP contribution in [0, 0.1) is 5.92 Å². The molecule has 1 aromatic heterocycles. The largest absolute Gasteiger partial charge is 0.346 e. The van der Waals surface area contributed by atoms with E-state index >= 15 is 0 Å². The zero-order valence-corrected chi connectivity index (χ0v) is 14.9. The van der Waals surface area contributed by atoms with Crippen LogP contribution in [0.15, 0.2) is 0 Å². The first-order chi connectivity index (χ1) is 10.5. The molecule has 2 atom stereocenters. The highest BCUT2D eigenvalue weighted by molar-refractivity contribution is 7.09. The Balaban J connectivity index is 1.46. The van der Waals surface area contributed by atoms with Crippen LogP contribution in [0.25, 0.3) is 0 Å². The maximum absolute atomic E-state index is 4.83. The quantitative estimate of drug-likeness (QED) is 0.837. The lowest BCUT2D eigenvalue weighted by molar-refractivity contribution is 0.0698. The highest BCUT2D eigenvalue weighted by Gasteiger charge is 2.42. The van der Waals surface area contributed by atoms with Crippen LogP contribution in [0.5, 0.6) is 0 Å². The van der Waals surface area contributed by atoms with Gasteiger partial charge in [0.25, 0.3) is 0 Å². The van der Waals surface area contributed by atoms with E-state index in [2.05, 4.69) is 34.9 Å². The Morgan fingerprint density at radius 3 is 2.59 bits per heavy atom. The molecule has 0 aromatic carbocycles. The molecule has 1 aliphatic carbocycles. The molecule has 122 valence electrons. The molecule has 0 bridgehead atoms. The summed E-state index contributed by atoms with van der Waals surface area (Å²) in [5, 5.41) is 1.15. The molecule has 3 heterocycles. The van der Waals surface area contributed by atoms with E-state index in [1.807, 2.05) is 0 Å². The molecule has 3 fully saturated rings. The number of rotatable bonds is 2. The van der Waals surface area contributed by atoms with Crippen LogP contribution in [0.4, 0.5) is 5.13 Å². The minimum absolute atomic E-state index is 0.0562. The van der Waals surface area contributed by atoms with Crippen molar-refractivity contribution in [3.8, 4) is 0 Å². The van der Waals surface area contributed by atoms with Crippen molar-refractivity contribution in [3.05, 3.63) is 5.82 Å². The Kier molecular flexibility index (Phi) is 3.68. The summed E-state index contributed by atoms with van der Waals surface area (Å²) in [5.74, 6) is 1.84. The van der Waals surface area contributed by atoms with E-state index in [9.17, 15) is 0 Å². The molecule has 2 aliphatic heterocycles. The van der Waals surface area contributed by atoms with Crippen LogP contribution in [0.2, 0.25) is 0 Å². The minimum atomic E-state index is 0.0562. The average Bonchev–Trinajstić information content (AvgIpc) is 3.20. The Morgan fingerprint density at radius 2 is 1.91 bits per heavy atom. The molecule has 0 radical (unpaired) electrons. The molecule has 0 amide bonds. The van der Waals surface area contributed by atoms with Gasteiger partial charge in [0.15, 0.2) is 0 Å². The van der Waals surface area contributed by atoms with E-state index in [0.29, 0.717) is 0 Å². The highest BCUT2D eigenvalue weighted by Crippen LogP contribution is 2.39. The van der Waals surface area contributed by atoms with Crippen LogP contribution in [-0.2, 0) is 5.41 Å². The van der Waals surface area contributed by atoms with E-state index in [1.54, 1.807) is 11.5 Å². The van der Waals surface area contributed by atoms with Gasteiger partial charge in [-0.1, -0.05) is 20.8 Å². The fourth-order valence-corrected chi connectivity index (χ4v) is 5.02. The summed E-state index contributed by atoms with van der Waals surface area (Å²) in [6.07, 6.45) is 6.98. The summed E-state index contributed by atoms with van der Waals surface area (Å²) in [5.41, 5.74) is 0.0562. The van der Waals surface area contributed by atoms with Gasteiger partial charge in [0.1, 0.15) is 5.82 Å². The third-order valence-electron chi connectivity index (χ3n) is 5.48. The fraction of sp³-hybridized carbons (Fsp3) is 0.882. The molecule has 22 heavy (non-hydrogen) atoms. The molecule has 3 aliphatic rings. The number of fused-ring (bicyclic) bond motifs is 1. The number of aromatic nitrogens is 2. The maximum Gasteiger partial charge on any atom is 0.205 e. The second-order valence-corrected chi connectivity index (χ2v) is 9.05. The van der Waals surface area contributed by atoms with Crippen LogP contribution >= 0.6 is 11.5 Å². The predicted octanol–water partition coefficient (Wildman–Crippen LogP) is 3.29. The molecule has 2 unspecified atom stereocenters. The average molecular weight is 321 g/mol. The van der Waals surface area contributed by atoms with E-state index in [1.165, 1.54) is 45.2 Å². The SMILES string of the molecule is CC(C)(C)c1nsc(N2CCC3C(CCCN3C3CC3)C2)n1. The number of nitrogens with zero attached hydrogens (tertiary/aromatic N) is 4. The lowest BCUT2D eigenvalue weighted by atomic mass is 9.84. The van der Waals surface area contributed by atoms with Gasteiger partial charge in [-0.05, 0) is 44.6 Å². The second kappa shape index (κ2) is 5.45. The topological polar surface area (TPSA) is 32.3 Å². The van der Waals surface area contributed by atoms with E-state index in [-0.39, 0.29) is 5.41 Å². The first kappa shape index (κ1) is 14.9. The van der Waals surface area contributed by atoms with Crippen molar-refractivity contribution in [2.45, 2.75) is 70.4 Å². The molecule has 2 saturated heterocycles. The summed E-state index contributed by atoms with van der Waals surface area (Å²) in [6.45, 7) is 10.3. The lowest BCUT2D eigenvalue weighted by Crippen LogP contribution is -2.54. The second-order valence-electron chi connectivity index (χ2n) is 8.32. The normalized spacial score (nSPS) is 30.4. The van der Waals surface area contributed by atoms with Crippen molar-refractivity contribution in [1.29, 1.82) is 0 Å². The molecular weight excluding hydrogens is 292 g/mol. The third kappa shape index (κ3) is 2.78. The van der Waals surface area contributed by atoms with Gasteiger partial charge in [-0.15, -0.1) is 0 Å². The van der Waals surface area contributed by atoms with Crippen LogP contribution in [0.3, 0.4) is 0 Å². The van der Waals surface area contributed by atoms with Crippen molar-refractivity contribution < 1.29 is 0 Å². The van der Waals surface area contributed by atoms with Crippen molar-refractivity contribution in [1.82, 2.24) is 14.3 Å². The summed E-state index contributed by atoms with van der Waals surface area (Å²) >= 11 is 1.59. The molecule has 5 heteroatoms.